The molecule has 0 saturated carbocycles. The summed E-state index contributed by atoms with van der Waals surface area (Å²) in [5.74, 6) is -1.25. The summed E-state index contributed by atoms with van der Waals surface area (Å²) in [7, 11) is 2.80. The van der Waals surface area contributed by atoms with Gasteiger partial charge in [-0.05, 0) is 49.4 Å². The van der Waals surface area contributed by atoms with Crippen LogP contribution < -0.4 is 15.8 Å². The highest BCUT2D eigenvalue weighted by atomic mass is 32.1. The molecule has 166 valence electrons. The average Bonchev–Trinajstić information content (AvgIpc) is 3.07. The molecule has 0 bridgehead atoms. The van der Waals surface area contributed by atoms with E-state index in [2.05, 4.69) is 5.32 Å². The molecule has 9 heteroatoms. The molecule has 31 heavy (non-hydrogen) atoms. The minimum atomic E-state index is -0.684. The van der Waals surface area contributed by atoms with E-state index >= 15 is 0 Å². The Morgan fingerprint density at radius 2 is 1.81 bits per heavy atom. The number of nitrogens with two attached hydrogens (primary N) is 1. The van der Waals surface area contributed by atoms with Crippen LogP contribution in [0.2, 0.25) is 0 Å². The van der Waals surface area contributed by atoms with Gasteiger partial charge in [0.2, 0.25) is 0 Å². The van der Waals surface area contributed by atoms with Crippen molar-refractivity contribution in [3.63, 3.8) is 0 Å². The van der Waals surface area contributed by atoms with E-state index in [0.717, 1.165) is 49.0 Å². The van der Waals surface area contributed by atoms with Crippen LogP contribution in [0.3, 0.4) is 0 Å². The molecule has 0 saturated heterocycles. The predicted octanol–water partition coefficient (Wildman–Crippen LogP) is 3.58. The summed E-state index contributed by atoms with van der Waals surface area (Å²) >= 11 is 1.39. The molecule has 0 atom stereocenters. The van der Waals surface area contributed by atoms with E-state index in [-0.39, 0.29) is 5.56 Å². The largest absolute Gasteiger partial charge is 0.495 e. The Kier molecular flexibility index (Phi) is 7.51. The van der Waals surface area contributed by atoms with E-state index in [1.807, 2.05) is 0 Å². The average molecular weight is 447 g/mol. The third kappa shape index (κ3) is 5.35. The number of benzene rings is 1. The first kappa shape index (κ1) is 22.6. The number of nitrogens with one attached hydrogen (secondary N) is 1. The van der Waals surface area contributed by atoms with Crippen LogP contribution in [0.15, 0.2) is 18.2 Å². The molecule has 1 aromatic carbocycles. The molecular formula is C22H26N2O6S. The lowest BCUT2D eigenvalue weighted by atomic mass is 9.96. The summed E-state index contributed by atoms with van der Waals surface area (Å²) < 4.78 is 15.1. The molecule has 3 rings (SSSR count). The molecule has 1 aromatic heterocycles. The number of fused-ring (bicyclic) bond motifs is 1. The van der Waals surface area contributed by atoms with E-state index in [1.54, 1.807) is 6.07 Å². The Morgan fingerprint density at radius 3 is 2.48 bits per heavy atom. The van der Waals surface area contributed by atoms with Gasteiger partial charge in [-0.3, -0.25) is 4.79 Å². The molecule has 8 nitrogen and oxygen atoms in total. The molecule has 2 aromatic rings. The van der Waals surface area contributed by atoms with Crippen LogP contribution in [0.5, 0.6) is 5.75 Å². The monoisotopic (exact) mass is 446 g/mol. The van der Waals surface area contributed by atoms with Crippen molar-refractivity contribution in [2.45, 2.75) is 38.5 Å². The van der Waals surface area contributed by atoms with E-state index in [0.29, 0.717) is 22.0 Å². The van der Waals surface area contributed by atoms with E-state index in [4.69, 9.17) is 19.9 Å². The van der Waals surface area contributed by atoms with E-state index in [1.165, 1.54) is 37.7 Å². The van der Waals surface area contributed by atoms with Crippen LogP contribution in [0, 0.1) is 0 Å². The summed E-state index contributed by atoms with van der Waals surface area (Å²) in [6.45, 7) is -0.492. The second kappa shape index (κ2) is 10.3. The van der Waals surface area contributed by atoms with E-state index in [9.17, 15) is 14.4 Å². The first-order valence-corrected chi connectivity index (χ1v) is 10.9. The Bertz CT molecular complexity index is 985. The third-order valence-electron chi connectivity index (χ3n) is 5.11. The molecule has 0 spiro atoms. The van der Waals surface area contributed by atoms with Crippen LogP contribution >= 0.6 is 11.3 Å². The lowest BCUT2D eigenvalue weighted by Gasteiger charge is -2.11. The molecule has 0 radical (unpaired) electrons. The van der Waals surface area contributed by atoms with Crippen molar-refractivity contribution >= 4 is 39.9 Å². The molecular weight excluding hydrogens is 420 g/mol. The van der Waals surface area contributed by atoms with Crippen LogP contribution in [-0.4, -0.2) is 38.7 Å². The molecule has 3 N–H and O–H groups in total. The number of amides is 1. The van der Waals surface area contributed by atoms with Gasteiger partial charge in [-0.1, -0.05) is 12.8 Å². The lowest BCUT2D eigenvalue weighted by molar-refractivity contribution is -0.119. The third-order valence-corrected chi connectivity index (χ3v) is 6.32. The Balaban J connectivity index is 1.69. The van der Waals surface area contributed by atoms with Crippen LogP contribution in [0.1, 0.15) is 56.8 Å². The van der Waals surface area contributed by atoms with Gasteiger partial charge in [-0.2, -0.15) is 0 Å². The Morgan fingerprint density at radius 1 is 1.06 bits per heavy atom. The van der Waals surface area contributed by atoms with Gasteiger partial charge < -0.3 is 25.3 Å². The number of nitrogen functional groups attached to an aromatic ring is 1. The van der Waals surface area contributed by atoms with Gasteiger partial charge in [0.1, 0.15) is 10.8 Å². The molecule has 0 fully saturated rings. The zero-order chi connectivity index (χ0) is 22.4. The van der Waals surface area contributed by atoms with Crippen LogP contribution in [-0.2, 0) is 27.1 Å². The Labute approximate surface area is 184 Å². The van der Waals surface area contributed by atoms with Crippen molar-refractivity contribution in [1.82, 2.24) is 0 Å². The number of esters is 2. The summed E-state index contributed by atoms with van der Waals surface area (Å²) in [6, 6.07) is 4.48. The molecule has 1 aliphatic rings. The number of rotatable bonds is 6. The Hall–Kier alpha value is -3.07. The molecule has 1 amide bonds. The van der Waals surface area contributed by atoms with Gasteiger partial charge in [-0.15, -0.1) is 11.3 Å². The number of carbonyl (C=O) groups is 3. The standard InChI is InChI=1S/C22H26N2O6S/c1-28-16-10-9-13(11-15(16)23)21(26)30-12-18(25)24-20-19(22(27)29-2)14-7-5-3-4-6-8-17(14)31-20/h9-11H,3-8,12,23H2,1-2H3,(H,24,25). The molecule has 1 aliphatic carbocycles. The number of hydrogen-bond donors (Lipinski definition) is 2. The lowest BCUT2D eigenvalue weighted by Crippen LogP contribution is -2.21. The van der Waals surface area contributed by atoms with Gasteiger partial charge in [0, 0.05) is 4.88 Å². The quantitative estimate of drug-likeness (QED) is 0.514. The summed E-state index contributed by atoms with van der Waals surface area (Å²) in [5.41, 5.74) is 7.67. The van der Waals surface area contributed by atoms with Crippen LogP contribution in [0.25, 0.3) is 0 Å². The maximum atomic E-state index is 12.4. The number of ether oxygens (including phenoxy) is 3. The van der Waals surface area contributed by atoms with E-state index < -0.39 is 24.5 Å². The van der Waals surface area contributed by atoms with Crippen molar-refractivity contribution in [3.05, 3.63) is 39.8 Å². The topological polar surface area (TPSA) is 117 Å². The predicted molar refractivity (Wildman–Crippen MR) is 118 cm³/mol. The van der Waals surface area contributed by atoms with Gasteiger partial charge in [0.15, 0.2) is 6.61 Å². The fraction of sp³-hybridized carbons (Fsp3) is 0.409. The van der Waals surface area contributed by atoms with Gasteiger partial charge in [0.05, 0.1) is 31.0 Å². The first-order valence-electron chi connectivity index (χ1n) is 10.1. The zero-order valence-electron chi connectivity index (χ0n) is 17.6. The molecule has 0 aliphatic heterocycles. The highest BCUT2D eigenvalue weighted by Gasteiger charge is 2.26. The van der Waals surface area contributed by atoms with Crippen molar-refractivity contribution < 1.29 is 28.6 Å². The SMILES string of the molecule is COC(=O)c1c(NC(=O)COC(=O)c2ccc(OC)c(N)c2)sc2c1CCCCCC2. The van der Waals surface area contributed by atoms with Gasteiger partial charge in [0.25, 0.3) is 5.91 Å². The number of aryl methyl sites for hydroxylation is 1. The minimum Gasteiger partial charge on any atom is -0.495 e. The van der Waals surface area contributed by atoms with Gasteiger partial charge in [-0.25, -0.2) is 9.59 Å². The van der Waals surface area contributed by atoms with Crippen LogP contribution in [0.4, 0.5) is 10.7 Å². The van der Waals surface area contributed by atoms with Crippen molar-refractivity contribution in [2.24, 2.45) is 0 Å². The molecule has 1 heterocycles. The van der Waals surface area contributed by atoms with Crippen molar-refractivity contribution in [2.75, 3.05) is 31.9 Å². The normalized spacial score (nSPS) is 13.4. The zero-order valence-corrected chi connectivity index (χ0v) is 18.4. The summed E-state index contributed by atoms with van der Waals surface area (Å²) in [6.07, 6.45) is 5.95. The minimum absolute atomic E-state index is 0.209. The fourth-order valence-electron chi connectivity index (χ4n) is 3.56. The number of thiophene rings is 1. The van der Waals surface area contributed by atoms with Crippen molar-refractivity contribution in [1.29, 1.82) is 0 Å². The fourth-order valence-corrected chi connectivity index (χ4v) is 4.86. The smallest absolute Gasteiger partial charge is 0.341 e. The highest BCUT2D eigenvalue weighted by molar-refractivity contribution is 7.17. The maximum absolute atomic E-state index is 12.4. The number of anilines is 2. The first-order chi connectivity index (χ1) is 14.9. The molecule has 0 unspecified atom stereocenters. The second-order valence-corrected chi connectivity index (χ2v) is 8.30. The summed E-state index contributed by atoms with van der Waals surface area (Å²) in [4.78, 5) is 38.2. The highest BCUT2D eigenvalue weighted by Crippen LogP contribution is 2.37. The number of hydrogen-bond acceptors (Lipinski definition) is 8. The maximum Gasteiger partial charge on any atom is 0.341 e. The van der Waals surface area contributed by atoms with Crippen molar-refractivity contribution in [3.8, 4) is 5.75 Å². The number of carbonyl (C=O) groups excluding carboxylic acids is 3. The second-order valence-electron chi connectivity index (χ2n) is 7.19. The number of methoxy groups -OCH3 is 2. The van der Waals surface area contributed by atoms with Gasteiger partial charge >= 0.3 is 11.9 Å². The summed E-state index contributed by atoms with van der Waals surface area (Å²) in [5, 5.41) is 3.16.